The molecule has 0 saturated heterocycles. The van der Waals surface area contributed by atoms with E-state index in [4.69, 9.17) is 4.74 Å². The fourth-order valence-corrected chi connectivity index (χ4v) is 2.31. The number of halogens is 2. The first kappa shape index (κ1) is 18.7. The summed E-state index contributed by atoms with van der Waals surface area (Å²) >= 11 is 0. The monoisotopic (exact) mass is 350 g/mol. The summed E-state index contributed by atoms with van der Waals surface area (Å²) in [6, 6.07) is 8.75. The van der Waals surface area contributed by atoms with Gasteiger partial charge in [0.1, 0.15) is 17.4 Å². The minimum atomic E-state index is -0.894. The molecule has 0 aliphatic rings. The van der Waals surface area contributed by atoms with Gasteiger partial charge in [0.2, 0.25) is 0 Å². The van der Waals surface area contributed by atoms with Crippen LogP contribution in [0.4, 0.5) is 13.6 Å². The highest BCUT2D eigenvalue weighted by Crippen LogP contribution is 2.18. The van der Waals surface area contributed by atoms with Crippen molar-refractivity contribution >= 4 is 6.03 Å². The van der Waals surface area contributed by atoms with Gasteiger partial charge in [-0.3, -0.25) is 0 Å². The van der Waals surface area contributed by atoms with E-state index in [1.807, 2.05) is 0 Å². The van der Waals surface area contributed by atoms with Crippen LogP contribution in [-0.4, -0.2) is 24.8 Å². The molecule has 2 atom stereocenters. The van der Waals surface area contributed by atoms with Crippen molar-refractivity contribution in [3.8, 4) is 5.75 Å². The molecule has 0 radical (unpaired) electrons. The summed E-state index contributed by atoms with van der Waals surface area (Å²) in [6.07, 6.45) is -0.894. The average molecular weight is 350 g/mol. The highest BCUT2D eigenvalue weighted by Gasteiger charge is 2.15. The van der Waals surface area contributed by atoms with Crippen LogP contribution < -0.4 is 15.4 Å². The second-order valence-electron chi connectivity index (χ2n) is 5.53. The smallest absolute Gasteiger partial charge is 0.315 e. The third-order valence-corrected chi connectivity index (χ3v) is 3.73. The fraction of sp³-hybridized carbons (Fsp3) is 0.278. The number of urea groups is 1. The molecule has 2 aromatic carbocycles. The predicted molar refractivity (Wildman–Crippen MR) is 89.3 cm³/mol. The fourth-order valence-electron chi connectivity index (χ4n) is 2.31. The Kier molecular flexibility index (Phi) is 6.30. The summed E-state index contributed by atoms with van der Waals surface area (Å²) in [6.45, 7) is 1.56. The van der Waals surface area contributed by atoms with Crippen LogP contribution in [0.1, 0.15) is 30.2 Å². The molecule has 0 spiro atoms. The molecule has 5 nitrogen and oxygen atoms in total. The predicted octanol–water partition coefficient (Wildman–Crippen LogP) is 3.07. The van der Waals surface area contributed by atoms with Gasteiger partial charge in [0.15, 0.2) is 0 Å². The van der Waals surface area contributed by atoms with Gasteiger partial charge in [-0.1, -0.05) is 18.2 Å². The van der Waals surface area contributed by atoms with Crippen LogP contribution in [0.3, 0.4) is 0 Å². The van der Waals surface area contributed by atoms with Crippen molar-refractivity contribution in [2.75, 3.05) is 13.7 Å². The number of ether oxygens (including phenoxy) is 1. The third kappa shape index (κ3) is 5.15. The Balaban J connectivity index is 1.86. The molecule has 2 aromatic rings. The topological polar surface area (TPSA) is 70.6 Å². The lowest BCUT2D eigenvalue weighted by atomic mass is 10.1. The molecule has 2 rings (SSSR count). The third-order valence-electron chi connectivity index (χ3n) is 3.73. The molecule has 0 heterocycles. The molecular weight excluding hydrogens is 330 g/mol. The number of aliphatic hydroxyl groups is 1. The van der Waals surface area contributed by atoms with Crippen LogP contribution in [0, 0.1) is 11.6 Å². The molecule has 2 unspecified atom stereocenters. The Hall–Kier alpha value is -2.67. The van der Waals surface area contributed by atoms with Gasteiger partial charge in [0.25, 0.3) is 0 Å². The summed E-state index contributed by atoms with van der Waals surface area (Å²) < 4.78 is 31.6. The maximum atomic E-state index is 13.7. The summed E-state index contributed by atoms with van der Waals surface area (Å²) in [5.74, 6) is -0.747. The highest BCUT2D eigenvalue weighted by atomic mass is 19.1. The molecule has 0 aromatic heterocycles. The van der Waals surface area contributed by atoms with Gasteiger partial charge in [-0.25, -0.2) is 13.6 Å². The number of hydrogen-bond acceptors (Lipinski definition) is 3. The van der Waals surface area contributed by atoms with Gasteiger partial charge >= 0.3 is 6.03 Å². The van der Waals surface area contributed by atoms with Gasteiger partial charge < -0.3 is 20.5 Å². The maximum absolute atomic E-state index is 13.7. The second kappa shape index (κ2) is 8.43. The number of benzene rings is 2. The van der Waals surface area contributed by atoms with E-state index in [0.717, 1.165) is 12.1 Å². The largest absolute Gasteiger partial charge is 0.497 e. The van der Waals surface area contributed by atoms with Crippen LogP contribution in [-0.2, 0) is 0 Å². The van der Waals surface area contributed by atoms with E-state index in [-0.39, 0.29) is 12.1 Å². The van der Waals surface area contributed by atoms with Crippen LogP contribution in [0.25, 0.3) is 0 Å². The van der Waals surface area contributed by atoms with E-state index in [0.29, 0.717) is 11.3 Å². The molecule has 7 heteroatoms. The van der Waals surface area contributed by atoms with Crippen molar-refractivity contribution in [1.29, 1.82) is 0 Å². The van der Waals surface area contributed by atoms with E-state index in [1.165, 1.54) is 6.07 Å². The van der Waals surface area contributed by atoms with Gasteiger partial charge in [-0.2, -0.15) is 0 Å². The number of carbonyl (C=O) groups is 1. The second-order valence-corrected chi connectivity index (χ2v) is 5.53. The molecule has 0 aliphatic heterocycles. The number of amides is 2. The van der Waals surface area contributed by atoms with Gasteiger partial charge in [0.05, 0.1) is 19.3 Å². The number of rotatable bonds is 6. The molecule has 0 bridgehead atoms. The lowest BCUT2D eigenvalue weighted by Gasteiger charge is -2.17. The normalized spacial score (nSPS) is 13.0. The van der Waals surface area contributed by atoms with E-state index < -0.39 is 29.8 Å². The number of carbonyl (C=O) groups excluding carboxylic acids is 1. The summed E-state index contributed by atoms with van der Waals surface area (Å²) in [5.41, 5.74) is 0.797. The van der Waals surface area contributed by atoms with Crippen LogP contribution >= 0.6 is 0 Å². The number of aliphatic hydroxyl groups excluding tert-OH is 1. The molecule has 2 amide bonds. The SMILES string of the molecule is COc1ccc(C(O)CNC(=O)NC(C)c2ccc(F)cc2F)cc1. The Morgan fingerprint density at radius 1 is 1.20 bits per heavy atom. The zero-order valence-electron chi connectivity index (χ0n) is 13.9. The molecule has 3 N–H and O–H groups in total. The lowest BCUT2D eigenvalue weighted by Crippen LogP contribution is -2.39. The van der Waals surface area contributed by atoms with E-state index in [9.17, 15) is 18.7 Å². The Morgan fingerprint density at radius 2 is 1.88 bits per heavy atom. The number of methoxy groups -OCH3 is 1. The van der Waals surface area contributed by atoms with Crippen molar-refractivity contribution in [3.05, 3.63) is 65.2 Å². The van der Waals surface area contributed by atoms with E-state index in [1.54, 1.807) is 38.3 Å². The van der Waals surface area contributed by atoms with E-state index >= 15 is 0 Å². The first-order chi connectivity index (χ1) is 11.9. The molecule has 0 fully saturated rings. The highest BCUT2D eigenvalue weighted by molar-refractivity contribution is 5.74. The van der Waals surface area contributed by atoms with E-state index in [2.05, 4.69) is 10.6 Å². The van der Waals surface area contributed by atoms with Gasteiger partial charge in [0, 0.05) is 18.2 Å². The maximum Gasteiger partial charge on any atom is 0.315 e. The zero-order valence-corrected chi connectivity index (χ0v) is 13.9. The van der Waals surface area contributed by atoms with Crippen molar-refractivity contribution in [2.45, 2.75) is 19.1 Å². The standard InChI is InChI=1S/C18H20F2N2O3/c1-11(15-8-5-13(19)9-16(15)20)22-18(24)21-10-17(23)12-3-6-14(25-2)7-4-12/h3-9,11,17,23H,10H2,1-2H3,(H2,21,22,24). The van der Waals surface area contributed by atoms with Crippen molar-refractivity contribution in [1.82, 2.24) is 10.6 Å². The Morgan fingerprint density at radius 3 is 2.48 bits per heavy atom. The summed E-state index contributed by atoms with van der Waals surface area (Å²) in [5, 5.41) is 15.1. The minimum Gasteiger partial charge on any atom is -0.497 e. The minimum absolute atomic E-state index is 0.0171. The quantitative estimate of drug-likeness (QED) is 0.750. The Bertz CT molecular complexity index is 723. The zero-order chi connectivity index (χ0) is 18.4. The Labute approximate surface area is 144 Å². The average Bonchev–Trinajstić information content (AvgIpc) is 2.59. The molecule has 134 valence electrons. The van der Waals surface area contributed by atoms with Crippen LogP contribution in [0.5, 0.6) is 5.75 Å². The number of hydrogen-bond donors (Lipinski definition) is 3. The lowest BCUT2D eigenvalue weighted by molar-refractivity contribution is 0.172. The molecular formula is C18H20F2N2O3. The summed E-state index contributed by atoms with van der Waals surface area (Å²) in [4.78, 5) is 11.9. The molecule has 0 aliphatic carbocycles. The first-order valence-corrected chi connectivity index (χ1v) is 7.72. The van der Waals surface area contributed by atoms with Crippen LogP contribution in [0.2, 0.25) is 0 Å². The van der Waals surface area contributed by atoms with Crippen molar-refractivity contribution < 1.29 is 23.4 Å². The van der Waals surface area contributed by atoms with Crippen molar-refractivity contribution in [3.63, 3.8) is 0 Å². The molecule has 0 saturated carbocycles. The van der Waals surface area contributed by atoms with Crippen molar-refractivity contribution in [2.24, 2.45) is 0 Å². The van der Waals surface area contributed by atoms with Gasteiger partial charge in [-0.15, -0.1) is 0 Å². The summed E-state index contributed by atoms with van der Waals surface area (Å²) in [7, 11) is 1.54. The molecule has 25 heavy (non-hydrogen) atoms. The van der Waals surface area contributed by atoms with Crippen LogP contribution in [0.15, 0.2) is 42.5 Å². The first-order valence-electron chi connectivity index (χ1n) is 7.72. The van der Waals surface area contributed by atoms with Gasteiger partial charge in [-0.05, 0) is 30.7 Å². The number of nitrogens with one attached hydrogen (secondary N) is 2.